The van der Waals surface area contributed by atoms with Gasteiger partial charge in [0.15, 0.2) is 0 Å². The van der Waals surface area contributed by atoms with Crippen LogP contribution in [0, 0.1) is 5.92 Å². The van der Waals surface area contributed by atoms with E-state index in [9.17, 15) is 18.0 Å². The van der Waals surface area contributed by atoms with Gasteiger partial charge >= 0.3 is 11.9 Å². The zero-order valence-corrected chi connectivity index (χ0v) is 19.9. The van der Waals surface area contributed by atoms with Crippen molar-refractivity contribution < 1.29 is 27.5 Å². The quantitative estimate of drug-likeness (QED) is 0.496. The van der Waals surface area contributed by atoms with E-state index in [1.165, 1.54) is 11.4 Å². The molecule has 0 spiro atoms. The Labute approximate surface area is 198 Å². The van der Waals surface area contributed by atoms with Crippen molar-refractivity contribution in [3.63, 3.8) is 0 Å². The van der Waals surface area contributed by atoms with Gasteiger partial charge in [-0.25, -0.2) is 22.5 Å². The minimum absolute atomic E-state index is 0.194. The monoisotopic (exact) mass is 482 g/mol. The van der Waals surface area contributed by atoms with Gasteiger partial charge in [-0.1, -0.05) is 48.5 Å². The molecular weight excluding hydrogens is 456 g/mol. The molecule has 0 atom stereocenters. The third-order valence-electron chi connectivity index (χ3n) is 6.03. The predicted molar refractivity (Wildman–Crippen MR) is 127 cm³/mol. The summed E-state index contributed by atoms with van der Waals surface area (Å²) < 4.78 is 35.5. The molecule has 0 unspecified atom stereocenters. The molecule has 178 valence electrons. The third kappa shape index (κ3) is 4.95. The normalized spacial score (nSPS) is 15.2. The number of carbonyl (C=O) groups is 2. The van der Waals surface area contributed by atoms with Crippen LogP contribution in [0.1, 0.15) is 28.9 Å². The van der Waals surface area contributed by atoms with E-state index in [-0.39, 0.29) is 25.3 Å². The molecule has 2 aromatic carbocycles. The highest BCUT2D eigenvalue weighted by Gasteiger charge is 2.31. The second-order valence-corrected chi connectivity index (χ2v) is 10.2. The molecule has 0 aliphatic carbocycles. The summed E-state index contributed by atoms with van der Waals surface area (Å²) in [6, 6.07) is 16.9. The molecule has 3 aromatic rings. The van der Waals surface area contributed by atoms with Crippen molar-refractivity contribution in [2.75, 3.05) is 26.5 Å². The molecule has 9 heteroatoms. The van der Waals surface area contributed by atoms with Crippen molar-refractivity contribution in [3.05, 3.63) is 65.9 Å². The van der Waals surface area contributed by atoms with Crippen LogP contribution in [0.2, 0.25) is 0 Å². The molecule has 1 aliphatic heterocycles. The number of hydrogen-bond acceptors (Lipinski definition) is 7. The lowest BCUT2D eigenvalue weighted by atomic mass is 9.94. The summed E-state index contributed by atoms with van der Waals surface area (Å²) in [5.41, 5.74) is 2.73. The molecule has 4 rings (SSSR count). The summed E-state index contributed by atoms with van der Waals surface area (Å²) in [5, 5.41) is 0.789. The molecule has 2 heterocycles. The van der Waals surface area contributed by atoms with E-state index in [0.717, 1.165) is 17.2 Å². The minimum atomic E-state index is -3.28. The molecule has 34 heavy (non-hydrogen) atoms. The molecule has 1 aliphatic rings. The minimum Gasteiger partial charge on any atom is -0.465 e. The summed E-state index contributed by atoms with van der Waals surface area (Å²) in [5.74, 6) is -1.40. The van der Waals surface area contributed by atoms with Crippen molar-refractivity contribution in [2.24, 2.45) is 5.92 Å². The van der Waals surface area contributed by atoms with Crippen LogP contribution in [-0.2, 0) is 30.9 Å². The number of aromatic nitrogens is 1. The number of benzene rings is 2. The Morgan fingerprint density at radius 1 is 1.03 bits per heavy atom. The molecule has 1 saturated heterocycles. The number of fused-ring (bicyclic) bond motifs is 1. The van der Waals surface area contributed by atoms with Gasteiger partial charge < -0.3 is 9.47 Å². The lowest BCUT2D eigenvalue weighted by Gasteiger charge is -2.29. The van der Waals surface area contributed by atoms with Crippen LogP contribution in [0.25, 0.3) is 22.0 Å². The first-order valence-corrected chi connectivity index (χ1v) is 12.8. The fourth-order valence-electron chi connectivity index (χ4n) is 4.27. The van der Waals surface area contributed by atoms with Crippen LogP contribution < -0.4 is 0 Å². The molecule has 0 amide bonds. The molecular formula is C25H26N2O6S. The fraction of sp³-hybridized carbons (Fsp3) is 0.320. The topological polar surface area (TPSA) is 103 Å². The molecule has 0 radical (unpaired) electrons. The molecule has 1 aromatic heterocycles. The number of esters is 2. The van der Waals surface area contributed by atoms with Gasteiger partial charge in [-0.15, -0.1) is 0 Å². The van der Waals surface area contributed by atoms with E-state index in [1.54, 1.807) is 0 Å². The number of nitrogens with zero attached hydrogens (tertiary/aromatic N) is 2. The Morgan fingerprint density at radius 3 is 2.32 bits per heavy atom. The molecule has 8 nitrogen and oxygen atoms in total. The van der Waals surface area contributed by atoms with Gasteiger partial charge in [0.25, 0.3) is 0 Å². The number of rotatable bonds is 6. The molecule has 1 fully saturated rings. The predicted octanol–water partition coefficient (Wildman–Crippen LogP) is 3.40. The number of carbonyl (C=O) groups excluding carboxylic acids is 2. The number of ether oxygens (including phenoxy) is 2. The van der Waals surface area contributed by atoms with Crippen molar-refractivity contribution in [1.82, 2.24) is 9.29 Å². The first-order valence-electron chi connectivity index (χ1n) is 11.0. The summed E-state index contributed by atoms with van der Waals surface area (Å²) in [6.07, 6.45) is 1.93. The number of piperidine rings is 1. The number of hydrogen-bond donors (Lipinski definition) is 0. The van der Waals surface area contributed by atoms with Crippen molar-refractivity contribution in [3.8, 4) is 11.1 Å². The lowest BCUT2D eigenvalue weighted by molar-refractivity contribution is -0.151. The van der Waals surface area contributed by atoms with E-state index in [4.69, 9.17) is 9.47 Å². The van der Waals surface area contributed by atoms with Crippen molar-refractivity contribution in [1.29, 1.82) is 0 Å². The summed E-state index contributed by atoms with van der Waals surface area (Å²) in [6.45, 7) is 0.358. The number of methoxy groups -OCH3 is 1. The standard InChI is InChI=1S/C25H26N2O6S/c1-32-25(29)23-21(16-33-24(28)18-12-14-27(15-13-18)34(2,30)31)26-20-11-7-6-10-19(20)22(23)17-8-4-3-5-9-17/h3-11,18H,12-16H2,1-2H3. The van der Waals surface area contributed by atoms with E-state index >= 15 is 0 Å². The van der Waals surface area contributed by atoms with Crippen molar-refractivity contribution >= 4 is 32.9 Å². The van der Waals surface area contributed by atoms with Crippen LogP contribution in [0.5, 0.6) is 0 Å². The average molecular weight is 483 g/mol. The van der Waals surface area contributed by atoms with Gasteiger partial charge in [0.2, 0.25) is 10.0 Å². The van der Waals surface area contributed by atoms with Crippen LogP contribution >= 0.6 is 0 Å². The first kappa shape index (κ1) is 23.8. The molecule has 0 bridgehead atoms. The number of pyridine rings is 1. The highest BCUT2D eigenvalue weighted by molar-refractivity contribution is 7.88. The Bertz CT molecular complexity index is 1320. The maximum atomic E-state index is 12.9. The Kier molecular flexibility index (Phi) is 6.95. The Balaban J connectivity index is 1.65. The second kappa shape index (κ2) is 9.90. The van der Waals surface area contributed by atoms with Crippen LogP contribution in [-0.4, -0.2) is 56.1 Å². The van der Waals surface area contributed by atoms with E-state index in [0.29, 0.717) is 29.6 Å². The van der Waals surface area contributed by atoms with Crippen molar-refractivity contribution in [2.45, 2.75) is 19.4 Å². The summed E-state index contributed by atoms with van der Waals surface area (Å²) in [4.78, 5) is 30.3. The van der Waals surface area contributed by atoms with Gasteiger partial charge in [0, 0.05) is 24.0 Å². The molecule has 0 N–H and O–H groups in total. The third-order valence-corrected chi connectivity index (χ3v) is 7.33. The van der Waals surface area contributed by atoms with Gasteiger partial charge in [0.1, 0.15) is 6.61 Å². The van der Waals surface area contributed by atoms with E-state index in [1.807, 2.05) is 54.6 Å². The number of para-hydroxylation sites is 1. The van der Waals surface area contributed by atoms with Crippen LogP contribution in [0.15, 0.2) is 54.6 Å². The fourth-order valence-corrected chi connectivity index (χ4v) is 5.15. The summed E-state index contributed by atoms with van der Waals surface area (Å²) >= 11 is 0. The van der Waals surface area contributed by atoms with Gasteiger partial charge in [0.05, 0.1) is 36.1 Å². The number of sulfonamides is 1. The summed E-state index contributed by atoms with van der Waals surface area (Å²) in [7, 11) is -1.98. The largest absolute Gasteiger partial charge is 0.465 e. The maximum Gasteiger partial charge on any atom is 0.340 e. The van der Waals surface area contributed by atoms with Crippen LogP contribution in [0.3, 0.4) is 0 Å². The average Bonchev–Trinajstić information content (AvgIpc) is 2.86. The zero-order valence-electron chi connectivity index (χ0n) is 19.1. The Hall–Kier alpha value is -3.30. The van der Waals surface area contributed by atoms with Gasteiger partial charge in [-0.2, -0.15) is 0 Å². The zero-order chi connectivity index (χ0) is 24.3. The van der Waals surface area contributed by atoms with Gasteiger partial charge in [-0.3, -0.25) is 4.79 Å². The molecule has 0 saturated carbocycles. The first-order chi connectivity index (χ1) is 16.3. The smallest absolute Gasteiger partial charge is 0.340 e. The SMILES string of the molecule is COC(=O)c1c(COC(=O)C2CCN(S(C)(=O)=O)CC2)nc2ccccc2c1-c1ccccc1. The second-order valence-electron chi connectivity index (χ2n) is 8.23. The van der Waals surface area contributed by atoms with E-state index in [2.05, 4.69) is 4.98 Å². The Morgan fingerprint density at radius 2 is 1.68 bits per heavy atom. The maximum absolute atomic E-state index is 12.9. The van der Waals surface area contributed by atoms with E-state index < -0.39 is 27.9 Å². The van der Waals surface area contributed by atoms with Gasteiger partial charge in [-0.05, 0) is 24.5 Å². The highest BCUT2D eigenvalue weighted by Crippen LogP contribution is 2.34. The lowest BCUT2D eigenvalue weighted by Crippen LogP contribution is -2.40. The van der Waals surface area contributed by atoms with Crippen LogP contribution in [0.4, 0.5) is 0 Å². The highest BCUT2D eigenvalue weighted by atomic mass is 32.2.